The Bertz CT molecular complexity index is 223. The smallest absolute Gasteiger partial charge is 0.333 e. The lowest BCUT2D eigenvalue weighted by molar-refractivity contribution is -0.133. The zero-order valence-electron chi connectivity index (χ0n) is 8.05. The van der Waals surface area contributed by atoms with Crippen molar-refractivity contribution in [3.05, 3.63) is 11.3 Å². The monoisotopic (exact) mass is 183 g/mol. The molecule has 74 valence electrons. The average Bonchev–Trinajstić information content (AvgIpc) is 2.04. The van der Waals surface area contributed by atoms with E-state index in [-0.39, 0.29) is 5.92 Å². The maximum Gasteiger partial charge on any atom is 0.333 e. The molecule has 0 aliphatic heterocycles. The van der Waals surface area contributed by atoms with Crippen molar-refractivity contribution in [1.29, 1.82) is 0 Å². The number of allylic oxidation sites excluding steroid dienone is 1. The molecule has 0 aromatic carbocycles. The fourth-order valence-electron chi connectivity index (χ4n) is 2.06. The van der Waals surface area contributed by atoms with E-state index in [0.29, 0.717) is 11.3 Å². The Morgan fingerprint density at radius 1 is 1.31 bits per heavy atom. The van der Waals surface area contributed by atoms with E-state index >= 15 is 0 Å². The predicted octanol–water partition coefficient (Wildman–Crippen LogP) is 1.88. The molecule has 3 N–H and O–H groups in total. The van der Waals surface area contributed by atoms with Gasteiger partial charge in [0.25, 0.3) is 0 Å². The number of carboxylic acids is 1. The highest BCUT2D eigenvalue weighted by atomic mass is 16.4. The summed E-state index contributed by atoms with van der Waals surface area (Å²) in [6.45, 7) is 1.68. The first-order chi connectivity index (χ1) is 6.13. The Hall–Kier alpha value is -0.990. The quantitative estimate of drug-likeness (QED) is 0.642. The van der Waals surface area contributed by atoms with Gasteiger partial charge in [-0.1, -0.05) is 19.3 Å². The van der Waals surface area contributed by atoms with Crippen LogP contribution in [0.5, 0.6) is 0 Å². The third-order valence-electron chi connectivity index (χ3n) is 2.67. The topological polar surface area (TPSA) is 63.3 Å². The van der Waals surface area contributed by atoms with Crippen LogP contribution in [0.2, 0.25) is 0 Å². The van der Waals surface area contributed by atoms with Gasteiger partial charge in [-0.15, -0.1) is 0 Å². The lowest BCUT2D eigenvalue weighted by Gasteiger charge is -2.22. The van der Waals surface area contributed by atoms with Crippen LogP contribution in [-0.2, 0) is 4.79 Å². The molecular weight excluding hydrogens is 166 g/mol. The second-order valence-corrected chi connectivity index (χ2v) is 3.74. The third kappa shape index (κ3) is 2.47. The fourth-order valence-corrected chi connectivity index (χ4v) is 2.06. The molecule has 1 rings (SSSR count). The summed E-state index contributed by atoms with van der Waals surface area (Å²) >= 11 is 0. The number of nitrogens with two attached hydrogens (primary N) is 1. The molecule has 0 heterocycles. The van der Waals surface area contributed by atoms with Crippen molar-refractivity contribution in [1.82, 2.24) is 0 Å². The second-order valence-electron chi connectivity index (χ2n) is 3.74. The second kappa shape index (κ2) is 4.30. The molecule has 0 aromatic heterocycles. The summed E-state index contributed by atoms with van der Waals surface area (Å²) in [6, 6.07) is 0. The van der Waals surface area contributed by atoms with Gasteiger partial charge in [0.05, 0.1) is 5.57 Å². The molecule has 13 heavy (non-hydrogen) atoms. The van der Waals surface area contributed by atoms with E-state index in [9.17, 15) is 4.79 Å². The molecule has 1 aliphatic rings. The van der Waals surface area contributed by atoms with Gasteiger partial charge in [0, 0.05) is 5.70 Å². The third-order valence-corrected chi connectivity index (χ3v) is 2.67. The zero-order valence-corrected chi connectivity index (χ0v) is 8.05. The molecule has 1 saturated carbocycles. The van der Waals surface area contributed by atoms with Crippen LogP contribution in [0.15, 0.2) is 11.3 Å². The van der Waals surface area contributed by atoms with Crippen molar-refractivity contribution in [2.75, 3.05) is 0 Å². The summed E-state index contributed by atoms with van der Waals surface area (Å²) in [7, 11) is 0. The van der Waals surface area contributed by atoms with Gasteiger partial charge in [0.15, 0.2) is 0 Å². The van der Waals surface area contributed by atoms with E-state index in [1.165, 1.54) is 6.42 Å². The van der Waals surface area contributed by atoms with Crippen LogP contribution in [-0.4, -0.2) is 11.1 Å². The lowest BCUT2D eigenvalue weighted by Crippen LogP contribution is -2.19. The van der Waals surface area contributed by atoms with Crippen LogP contribution in [0.1, 0.15) is 39.0 Å². The molecule has 0 radical (unpaired) electrons. The summed E-state index contributed by atoms with van der Waals surface area (Å²) < 4.78 is 0. The predicted molar refractivity (Wildman–Crippen MR) is 51.1 cm³/mol. The van der Waals surface area contributed by atoms with Gasteiger partial charge in [-0.3, -0.25) is 0 Å². The molecule has 0 bridgehead atoms. The number of carbonyl (C=O) groups is 1. The Morgan fingerprint density at radius 2 is 1.85 bits per heavy atom. The van der Waals surface area contributed by atoms with Crippen molar-refractivity contribution >= 4 is 5.97 Å². The standard InChI is InChI=1S/C10H17NO2/c1-7(11)9(10(12)13)8-5-3-2-4-6-8/h8H,2-6,11H2,1H3,(H,12,13)/b9-7-. The largest absolute Gasteiger partial charge is 0.478 e. The SMILES string of the molecule is C/C(N)=C(/C(=O)O)C1CCCCC1. The minimum Gasteiger partial charge on any atom is -0.478 e. The first-order valence-corrected chi connectivity index (χ1v) is 4.82. The normalized spacial score (nSPS) is 21.0. The van der Waals surface area contributed by atoms with Crippen molar-refractivity contribution in [2.45, 2.75) is 39.0 Å². The van der Waals surface area contributed by atoms with Gasteiger partial charge in [0.2, 0.25) is 0 Å². The Labute approximate surface area is 78.6 Å². The minimum atomic E-state index is -0.841. The Morgan fingerprint density at radius 3 is 2.23 bits per heavy atom. The van der Waals surface area contributed by atoms with Gasteiger partial charge in [-0.25, -0.2) is 4.79 Å². The molecule has 3 heteroatoms. The van der Waals surface area contributed by atoms with E-state index in [2.05, 4.69) is 0 Å². The average molecular weight is 183 g/mol. The number of hydrogen-bond acceptors (Lipinski definition) is 2. The molecule has 3 nitrogen and oxygen atoms in total. The molecule has 1 aliphatic carbocycles. The number of aliphatic carboxylic acids is 1. The summed E-state index contributed by atoms with van der Waals surface area (Å²) in [6.07, 6.45) is 5.46. The summed E-state index contributed by atoms with van der Waals surface area (Å²) in [5.74, 6) is -0.650. The van der Waals surface area contributed by atoms with Crippen molar-refractivity contribution in [3.8, 4) is 0 Å². The van der Waals surface area contributed by atoms with Crippen LogP contribution >= 0.6 is 0 Å². The van der Waals surface area contributed by atoms with E-state index in [4.69, 9.17) is 10.8 Å². The first kappa shape index (κ1) is 10.1. The van der Waals surface area contributed by atoms with E-state index in [1.807, 2.05) is 0 Å². The number of carboxylic acid groups (broad SMARTS) is 1. The molecule has 0 spiro atoms. The Balaban J connectivity index is 2.75. The van der Waals surface area contributed by atoms with Crippen LogP contribution in [0.4, 0.5) is 0 Å². The molecule has 0 atom stereocenters. The van der Waals surface area contributed by atoms with Crippen LogP contribution < -0.4 is 5.73 Å². The highest BCUT2D eigenvalue weighted by Gasteiger charge is 2.23. The number of rotatable bonds is 2. The number of hydrogen-bond donors (Lipinski definition) is 2. The van der Waals surface area contributed by atoms with Gasteiger partial charge >= 0.3 is 5.97 Å². The molecule has 1 fully saturated rings. The molecular formula is C10H17NO2. The van der Waals surface area contributed by atoms with Gasteiger partial charge in [-0.05, 0) is 25.7 Å². The van der Waals surface area contributed by atoms with Gasteiger partial charge < -0.3 is 10.8 Å². The zero-order chi connectivity index (χ0) is 9.84. The highest BCUT2D eigenvalue weighted by molar-refractivity contribution is 5.87. The maximum absolute atomic E-state index is 10.9. The van der Waals surface area contributed by atoms with E-state index in [0.717, 1.165) is 25.7 Å². The van der Waals surface area contributed by atoms with Crippen LogP contribution in [0.3, 0.4) is 0 Å². The maximum atomic E-state index is 10.9. The van der Waals surface area contributed by atoms with Crippen molar-refractivity contribution < 1.29 is 9.90 Å². The van der Waals surface area contributed by atoms with Gasteiger partial charge in [0.1, 0.15) is 0 Å². The fraction of sp³-hybridized carbons (Fsp3) is 0.700. The first-order valence-electron chi connectivity index (χ1n) is 4.82. The lowest BCUT2D eigenvalue weighted by atomic mass is 9.83. The minimum absolute atomic E-state index is 0.191. The van der Waals surface area contributed by atoms with Crippen molar-refractivity contribution in [3.63, 3.8) is 0 Å². The summed E-state index contributed by atoms with van der Waals surface area (Å²) in [4.78, 5) is 10.9. The van der Waals surface area contributed by atoms with Crippen molar-refractivity contribution in [2.24, 2.45) is 11.7 Å². The Kier molecular flexibility index (Phi) is 3.34. The summed E-state index contributed by atoms with van der Waals surface area (Å²) in [5.41, 5.74) is 6.48. The van der Waals surface area contributed by atoms with E-state index in [1.54, 1.807) is 6.92 Å². The molecule has 0 amide bonds. The molecule has 0 aromatic rings. The molecule has 0 unspecified atom stereocenters. The summed E-state index contributed by atoms with van der Waals surface area (Å²) in [5, 5.41) is 8.96. The van der Waals surface area contributed by atoms with Crippen LogP contribution in [0.25, 0.3) is 0 Å². The van der Waals surface area contributed by atoms with Gasteiger partial charge in [-0.2, -0.15) is 0 Å². The molecule has 0 saturated heterocycles. The van der Waals surface area contributed by atoms with E-state index < -0.39 is 5.97 Å². The highest BCUT2D eigenvalue weighted by Crippen LogP contribution is 2.30. The van der Waals surface area contributed by atoms with Crippen LogP contribution in [0, 0.1) is 5.92 Å².